The Kier molecular flexibility index (Phi) is 4.78. The lowest BCUT2D eigenvalue weighted by Gasteiger charge is -2.30. The summed E-state index contributed by atoms with van der Waals surface area (Å²) < 4.78 is 18.9. The summed E-state index contributed by atoms with van der Waals surface area (Å²) in [5.41, 5.74) is 0.0819. The lowest BCUT2D eigenvalue weighted by atomic mass is 10.0. The molecule has 0 saturated carbocycles. The fourth-order valence-corrected chi connectivity index (χ4v) is 2.71. The van der Waals surface area contributed by atoms with Crippen molar-refractivity contribution in [3.63, 3.8) is 0 Å². The molecular formula is C17H21FN4O2. The zero-order valence-corrected chi connectivity index (χ0v) is 13.8. The van der Waals surface area contributed by atoms with E-state index in [1.54, 1.807) is 12.1 Å². The largest absolute Gasteiger partial charge is 0.349 e. The molecule has 0 aliphatic carbocycles. The standard InChI is InChI=1S/C17H21FN4O2/c1-11(2)15-20-17(24-21-15)22-9-7-12(8-10-22)19-16(23)13-5-3-4-6-14(13)18/h3-6,11-12H,7-10H2,1-2H3,(H,19,23). The van der Waals surface area contributed by atoms with Gasteiger partial charge in [0.2, 0.25) is 0 Å². The topological polar surface area (TPSA) is 71.3 Å². The highest BCUT2D eigenvalue weighted by atomic mass is 19.1. The number of rotatable bonds is 4. The number of anilines is 1. The molecular weight excluding hydrogens is 311 g/mol. The summed E-state index contributed by atoms with van der Waals surface area (Å²) in [5.74, 6) is 0.0472. The van der Waals surface area contributed by atoms with Crippen molar-refractivity contribution in [2.75, 3.05) is 18.0 Å². The van der Waals surface area contributed by atoms with E-state index in [2.05, 4.69) is 15.5 Å². The van der Waals surface area contributed by atoms with Crippen LogP contribution in [0, 0.1) is 5.82 Å². The molecule has 1 aliphatic heterocycles. The van der Waals surface area contributed by atoms with Crippen molar-refractivity contribution in [1.82, 2.24) is 15.5 Å². The zero-order chi connectivity index (χ0) is 17.1. The number of hydrogen-bond donors (Lipinski definition) is 1. The van der Waals surface area contributed by atoms with Crippen LogP contribution in [0.15, 0.2) is 28.8 Å². The number of halogens is 1. The first-order chi connectivity index (χ1) is 11.5. The first-order valence-electron chi connectivity index (χ1n) is 8.18. The van der Waals surface area contributed by atoms with Crippen LogP contribution < -0.4 is 10.2 Å². The Morgan fingerprint density at radius 1 is 1.33 bits per heavy atom. The lowest BCUT2D eigenvalue weighted by Crippen LogP contribution is -2.45. The van der Waals surface area contributed by atoms with Crippen LogP contribution in [0.3, 0.4) is 0 Å². The maximum atomic E-state index is 13.6. The summed E-state index contributed by atoms with van der Waals surface area (Å²) in [6, 6.07) is 6.55. The van der Waals surface area contributed by atoms with Crippen molar-refractivity contribution < 1.29 is 13.7 Å². The van der Waals surface area contributed by atoms with Gasteiger partial charge in [-0.2, -0.15) is 4.98 Å². The van der Waals surface area contributed by atoms with Crippen LogP contribution in [-0.4, -0.2) is 35.2 Å². The molecule has 1 N–H and O–H groups in total. The van der Waals surface area contributed by atoms with Gasteiger partial charge in [-0.05, 0) is 25.0 Å². The molecule has 0 atom stereocenters. The van der Waals surface area contributed by atoms with E-state index in [4.69, 9.17) is 4.52 Å². The average Bonchev–Trinajstić information content (AvgIpc) is 3.06. The number of nitrogens with one attached hydrogen (secondary N) is 1. The molecule has 0 bridgehead atoms. The molecule has 1 aromatic carbocycles. The maximum absolute atomic E-state index is 13.6. The van der Waals surface area contributed by atoms with E-state index >= 15 is 0 Å². The highest BCUT2D eigenvalue weighted by molar-refractivity contribution is 5.94. The Labute approximate surface area is 140 Å². The SMILES string of the molecule is CC(C)c1noc(N2CCC(NC(=O)c3ccccc3F)CC2)n1. The third-order valence-electron chi connectivity index (χ3n) is 4.17. The Balaban J connectivity index is 1.55. The van der Waals surface area contributed by atoms with Crippen LogP contribution in [0.5, 0.6) is 0 Å². The van der Waals surface area contributed by atoms with Gasteiger partial charge >= 0.3 is 6.01 Å². The van der Waals surface area contributed by atoms with Crippen LogP contribution in [0.25, 0.3) is 0 Å². The zero-order valence-electron chi connectivity index (χ0n) is 13.8. The van der Waals surface area contributed by atoms with Gasteiger partial charge in [0.1, 0.15) is 5.82 Å². The molecule has 24 heavy (non-hydrogen) atoms. The van der Waals surface area contributed by atoms with Crippen molar-refractivity contribution in [3.05, 3.63) is 41.5 Å². The van der Waals surface area contributed by atoms with Crippen molar-refractivity contribution >= 4 is 11.9 Å². The van der Waals surface area contributed by atoms with Gasteiger partial charge in [-0.15, -0.1) is 0 Å². The molecule has 7 heteroatoms. The van der Waals surface area contributed by atoms with E-state index in [0.717, 1.165) is 12.8 Å². The van der Waals surface area contributed by atoms with E-state index in [0.29, 0.717) is 24.9 Å². The molecule has 1 fully saturated rings. The highest BCUT2D eigenvalue weighted by Crippen LogP contribution is 2.21. The molecule has 128 valence electrons. The van der Waals surface area contributed by atoms with Crippen molar-refractivity contribution in [2.45, 2.75) is 38.6 Å². The van der Waals surface area contributed by atoms with Gasteiger partial charge in [0, 0.05) is 25.0 Å². The van der Waals surface area contributed by atoms with Crippen LogP contribution in [0.1, 0.15) is 48.8 Å². The summed E-state index contributed by atoms with van der Waals surface area (Å²) in [7, 11) is 0. The molecule has 3 rings (SSSR count). The normalized spacial score (nSPS) is 15.8. The minimum Gasteiger partial charge on any atom is -0.349 e. The Hall–Kier alpha value is -2.44. The van der Waals surface area contributed by atoms with Gasteiger partial charge in [-0.1, -0.05) is 31.1 Å². The van der Waals surface area contributed by atoms with E-state index in [9.17, 15) is 9.18 Å². The summed E-state index contributed by atoms with van der Waals surface area (Å²) in [4.78, 5) is 18.6. The average molecular weight is 332 g/mol. The Morgan fingerprint density at radius 2 is 2.04 bits per heavy atom. The molecule has 1 saturated heterocycles. The van der Waals surface area contributed by atoms with Crippen molar-refractivity contribution in [3.8, 4) is 0 Å². The predicted molar refractivity (Wildman–Crippen MR) is 87.5 cm³/mol. The van der Waals surface area contributed by atoms with Gasteiger partial charge in [0.25, 0.3) is 5.91 Å². The minimum atomic E-state index is -0.500. The molecule has 1 aliphatic rings. The molecule has 1 aromatic heterocycles. The maximum Gasteiger partial charge on any atom is 0.324 e. The van der Waals surface area contributed by atoms with Gasteiger partial charge in [-0.25, -0.2) is 4.39 Å². The van der Waals surface area contributed by atoms with Crippen molar-refractivity contribution in [1.29, 1.82) is 0 Å². The summed E-state index contributed by atoms with van der Waals surface area (Å²) in [5, 5.41) is 6.87. The molecule has 2 aromatic rings. The first-order valence-corrected chi connectivity index (χ1v) is 8.18. The fourth-order valence-electron chi connectivity index (χ4n) is 2.71. The van der Waals surface area contributed by atoms with Crippen LogP contribution >= 0.6 is 0 Å². The van der Waals surface area contributed by atoms with E-state index in [1.165, 1.54) is 12.1 Å². The third kappa shape index (κ3) is 3.55. The number of hydrogen-bond acceptors (Lipinski definition) is 5. The summed E-state index contributed by atoms with van der Waals surface area (Å²) >= 11 is 0. The lowest BCUT2D eigenvalue weighted by molar-refractivity contribution is 0.0927. The smallest absolute Gasteiger partial charge is 0.324 e. The second-order valence-electron chi connectivity index (χ2n) is 6.30. The van der Waals surface area contributed by atoms with Crippen molar-refractivity contribution in [2.24, 2.45) is 0 Å². The fraction of sp³-hybridized carbons (Fsp3) is 0.471. The second-order valence-corrected chi connectivity index (χ2v) is 6.30. The summed E-state index contributed by atoms with van der Waals surface area (Å²) in [6.45, 7) is 5.45. The second kappa shape index (κ2) is 6.98. The number of nitrogens with zero attached hydrogens (tertiary/aromatic N) is 3. The molecule has 2 heterocycles. The van der Waals surface area contributed by atoms with Crippen LogP contribution in [-0.2, 0) is 0 Å². The quantitative estimate of drug-likeness (QED) is 0.932. The number of benzene rings is 1. The number of carbonyl (C=O) groups excluding carboxylic acids is 1. The van der Waals surface area contributed by atoms with Gasteiger partial charge in [-0.3, -0.25) is 4.79 Å². The third-order valence-corrected chi connectivity index (χ3v) is 4.17. The highest BCUT2D eigenvalue weighted by Gasteiger charge is 2.25. The molecule has 1 amide bonds. The minimum absolute atomic E-state index is 0.0147. The number of carbonyl (C=O) groups is 1. The number of aromatic nitrogens is 2. The first kappa shape index (κ1) is 16.4. The van der Waals surface area contributed by atoms with Crippen LogP contribution in [0.4, 0.5) is 10.4 Å². The summed E-state index contributed by atoms with van der Waals surface area (Å²) in [6.07, 6.45) is 1.50. The monoisotopic (exact) mass is 332 g/mol. The van der Waals surface area contributed by atoms with Gasteiger partial charge < -0.3 is 14.7 Å². The predicted octanol–water partition coefficient (Wildman–Crippen LogP) is 2.73. The van der Waals surface area contributed by atoms with E-state index < -0.39 is 5.82 Å². The van der Waals surface area contributed by atoms with E-state index in [1.807, 2.05) is 18.7 Å². The van der Waals surface area contributed by atoms with Gasteiger partial charge in [0.15, 0.2) is 5.82 Å². The Bertz CT molecular complexity index is 708. The van der Waals surface area contributed by atoms with Crippen LogP contribution in [0.2, 0.25) is 0 Å². The molecule has 6 nitrogen and oxygen atoms in total. The molecule has 0 unspecified atom stereocenters. The van der Waals surface area contributed by atoms with E-state index in [-0.39, 0.29) is 23.4 Å². The molecule has 0 spiro atoms. The molecule has 0 radical (unpaired) electrons. The number of piperidine rings is 1. The Morgan fingerprint density at radius 3 is 2.67 bits per heavy atom. The van der Waals surface area contributed by atoms with Gasteiger partial charge in [0.05, 0.1) is 5.56 Å². The number of amides is 1.